The minimum absolute atomic E-state index is 0.128. The molecule has 1 aromatic carbocycles. The van der Waals surface area contributed by atoms with Gasteiger partial charge in [-0.3, -0.25) is 9.36 Å². The predicted octanol–water partition coefficient (Wildman–Crippen LogP) is 3.04. The van der Waals surface area contributed by atoms with Gasteiger partial charge in [0.1, 0.15) is 12.4 Å². The molecule has 0 radical (unpaired) electrons. The maximum absolute atomic E-state index is 12.8. The topological polar surface area (TPSA) is 99.7 Å². The molecule has 1 unspecified atom stereocenters. The minimum atomic E-state index is -0.218. The molecule has 2 aromatic heterocycles. The van der Waals surface area contributed by atoms with Crippen molar-refractivity contribution in [3.8, 4) is 11.9 Å². The van der Waals surface area contributed by atoms with Gasteiger partial charge in [-0.1, -0.05) is 11.6 Å². The van der Waals surface area contributed by atoms with Gasteiger partial charge in [-0.15, -0.1) is 10.2 Å². The molecule has 3 heterocycles. The van der Waals surface area contributed by atoms with E-state index < -0.39 is 0 Å². The molecule has 29 heavy (non-hydrogen) atoms. The number of carbonyl (C=O) groups excluding carboxylic acids is 1. The molecular formula is C20H18ClN7O. The first-order valence-electron chi connectivity index (χ1n) is 9.21. The summed E-state index contributed by atoms with van der Waals surface area (Å²) in [6.45, 7) is 1.34. The number of carbonyl (C=O) groups is 1. The van der Waals surface area contributed by atoms with E-state index in [0.717, 1.165) is 25.2 Å². The summed E-state index contributed by atoms with van der Waals surface area (Å²) in [5, 5.41) is 21.1. The third-order valence-corrected chi connectivity index (χ3v) is 5.12. The van der Waals surface area contributed by atoms with Gasteiger partial charge in [0.05, 0.1) is 17.2 Å². The van der Waals surface area contributed by atoms with Gasteiger partial charge in [0.2, 0.25) is 5.91 Å². The molecule has 1 fully saturated rings. The summed E-state index contributed by atoms with van der Waals surface area (Å²) in [5.41, 5.74) is 0.822. The number of halogens is 1. The Bertz CT molecular complexity index is 1040. The summed E-state index contributed by atoms with van der Waals surface area (Å²) in [7, 11) is 0. The van der Waals surface area contributed by atoms with Crippen LogP contribution in [0.2, 0.25) is 5.02 Å². The maximum atomic E-state index is 12.8. The SMILES string of the molecule is N#Cc1ccc(Cl)cc1NC(=O)C1CCCN(c2ccc(-n3ccnc3)nn2)C1. The van der Waals surface area contributed by atoms with Crippen LogP contribution < -0.4 is 10.2 Å². The Morgan fingerprint density at radius 3 is 2.79 bits per heavy atom. The van der Waals surface area contributed by atoms with Gasteiger partial charge in [0.25, 0.3) is 0 Å². The highest BCUT2D eigenvalue weighted by Gasteiger charge is 2.27. The van der Waals surface area contributed by atoms with Crippen molar-refractivity contribution in [2.45, 2.75) is 12.8 Å². The van der Waals surface area contributed by atoms with Crippen LogP contribution in [-0.4, -0.2) is 38.7 Å². The lowest BCUT2D eigenvalue weighted by Crippen LogP contribution is -2.41. The number of hydrogen-bond acceptors (Lipinski definition) is 6. The molecule has 1 saturated heterocycles. The number of nitrogens with zero attached hydrogens (tertiary/aromatic N) is 6. The number of aromatic nitrogens is 4. The van der Waals surface area contributed by atoms with Crippen LogP contribution in [0.4, 0.5) is 11.5 Å². The lowest BCUT2D eigenvalue weighted by Gasteiger charge is -2.32. The molecule has 4 rings (SSSR count). The smallest absolute Gasteiger partial charge is 0.229 e. The summed E-state index contributed by atoms with van der Waals surface area (Å²) < 4.78 is 1.78. The third kappa shape index (κ3) is 4.20. The molecule has 0 spiro atoms. The molecule has 0 bridgehead atoms. The van der Waals surface area contributed by atoms with E-state index in [2.05, 4.69) is 31.5 Å². The van der Waals surface area contributed by atoms with E-state index in [1.54, 1.807) is 41.5 Å². The summed E-state index contributed by atoms with van der Waals surface area (Å²) in [4.78, 5) is 18.9. The van der Waals surface area contributed by atoms with Gasteiger partial charge in [-0.2, -0.15) is 5.26 Å². The van der Waals surface area contributed by atoms with Crippen LogP contribution in [0.25, 0.3) is 5.82 Å². The van der Waals surface area contributed by atoms with E-state index in [1.807, 2.05) is 12.1 Å². The zero-order chi connectivity index (χ0) is 20.2. The molecule has 9 heteroatoms. The number of nitriles is 1. The first-order valence-corrected chi connectivity index (χ1v) is 9.59. The molecule has 8 nitrogen and oxygen atoms in total. The zero-order valence-electron chi connectivity index (χ0n) is 15.5. The predicted molar refractivity (Wildman–Crippen MR) is 109 cm³/mol. The second-order valence-electron chi connectivity index (χ2n) is 6.80. The number of imidazole rings is 1. The number of benzene rings is 1. The van der Waals surface area contributed by atoms with Crippen molar-refractivity contribution in [3.05, 3.63) is 59.6 Å². The molecule has 1 aliphatic rings. The van der Waals surface area contributed by atoms with Crippen LogP contribution in [0.1, 0.15) is 18.4 Å². The highest BCUT2D eigenvalue weighted by Crippen LogP contribution is 2.25. The molecule has 1 amide bonds. The fourth-order valence-corrected chi connectivity index (χ4v) is 3.54. The fourth-order valence-electron chi connectivity index (χ4n) is 3.37. The van der Waals surface area contributed by atoms with Gasteiger partial charge in [0, 0.05) is 30.5 Å². The number of anilines is 2. The van der Waals surface area contributed by atoms with Gasteiger partial charge in [-0.25, -0.2) is 4.98 Å². The Morgan fingerprint density at radius 2 is 2.07 bits per heavy atom. The highest BCUT2D eigenvalue weighted by molar-refractivity contribution is 6.31. The summed E-state index contributed by atoms with van der Waals surface area (Å²) in [6, 6.07) is 10.7. The van der Waals surface area contributed by atoms with Crippen molar-refractivity contribution in [1.29, 1.82) is 5.26 Å². The van der Waals surface area contributed by atoms with Crippen LogP contribution >= 0.6 is 11.6 Å². The molecular weight excluding hydrogens is 390 g/mol. The lowest BCUT2D eigenvalue weighted by molar-refractivity contribution is -0.120. The minimum Gasteiger partial charge on any atom is -0.354 e. The van der Waals surface area contributed by atoms with Crippen molar-refractivity contribution in [1.82, 2.24) is 19.7 Å². The summed E-state index contributed by atoms with van der Waals surface area (Å²) >= 11 is 6.01. The van der Waals surface area contributed by atoms with Crippen molar-refractivity contribution in [2.24, 2.45) is 5.92 Å². The summed E-state index contributed by atoms with van der Waals surface area (Å²) in [6.07, 6.45) is 6.78. The standard InChI is InChI=1S/C20H18ClN7O/c21-16-4-3-14(11-22)17(10-16)24-20(29)15-2-1-8-27(12-15)18-5-6-19(26-25-18)28-9-7-23-13-28/h3-7,9-10,13,15H,1-2,8,12H2,(H,24,29). The van der Waals surface area contributed by atoms with E-state index in [9.17, 15) is 10.1 Å². The van der Waals surface area contributed by atoms with Crippen molar-refractivity contribution in [3.63, 3.8) is 0 Å². The van der Waals surface area contributed by atoms with Crippen LogP contribution in [-0.2, 0) is 4.79 Å². The summed E-state index contributed by atoms with van der Waals surface area (Å²) in [5.74, 6) is 1.07. The first-order chi connectivity index (χ1) is 14.1. The van der Waals surface area contributed by atoms with E-state index in [1.165, 1.54) is 0 Å². The van der Waals surface area contributed by atoms with Crippen LogP contribution in [0.5, 0.6) is 0 Å². The van der Waals surface area contributed by atoms with E-state index >= 15 is 0 Å². The molecule has 1 N–H and O–H groups in total. The monoisotopic (exact) mass is 407 g/mol. The van der Waals surface area contributed by atoms with Crippen molar-refractivity contribution >= 4 is 29.0 Å². The van der Waals surface area contributed by atoms with Gasteiger partial charge in [0.15, 0.2) is 11.6 Å². The second kappa shape index (κ2) is 8.29. The zero-order valence-corrected chi connectivity index (χ0v) is 16.3. The number of nitrogens with one attached hydrogen (secondary N) is 1. The molecule has 1 aliphatic heterocycles. The Labute approximate surface area is 172 Å². The highest BCUT2D eigenvalue weighted by atomic mass is 35.5. The maximum Gasteiger partial charge on any atom is 0.229 e. The van der Waals surface area contributed by atoms with Crippen molar-refractivity contribution in [2.75, 3.05) is 23.3 Å². The molecule has 3 aromatic rings. The Morgan fingerprint density at radius 1 is 1.24 bits per heavy atom. The lowest BCUT2D eigenvalue weighted by atomic mass is 9.97. The van der Waals surface area contributed by atoms with Crippen LogP contribution in [0.15, 0.2) is 49.1 Å². The Hall–Kier alpha value is -3.44. The second-order valence-corrected chi connectivity index (χ2v) is 7.23. The van der Waals surface area contributed by atoms with E-state index in [0.29, 0.717) is 28.6 Å². The van der Waals surface area contributed by atoms with Gasteiger partial charge < -0.3 is 10.2 Å². The quantitative estimate of drug-likeness (QED) is 0.713. The molecule has 1 atom stereocenters. The molecule has 146 valence electrons. The number of amides is 1. The fraction of sp³-hybridized carbons (Fsp3) is 0.250. The normalized spacial score (nSPS) is 16.3. The van der Waals surface area contributed by atoms with Gasteiger partial charge in [-0.05, 0) is 43.2 Å². The Balaban J connectivity index is 1.45. The number of piperidine rings is 1. The Kier molecular flexibility index (Phi) is 5.40. The average molecular weight is 408 g/mol. The van der Waals surface area contributed by atoms with Crippen molar-refractivity contribution < 1.29 is 4.79 Å². The molecule has 0 saturated carbocycles. The number of hydrogen-bond donors (Lipinski definition) is 1. The third-order valence-electron chi connectivity index (χ3n) is 4.88. The number of rotatable bonds is 4. The van der Waals surface area contributed by atoms with E-state index in [4.69, 9.17) is 11.6 Å². The first kappa shape index (κ1) is 18.9. The van der Waals surface area contributed by atoms with E-state index in [-0.39, 0.29) is 11.8 Å². The largest absolute Gasteiger partial charge is 0.354 e. The van der Waals surface area contributed by atoms with Crippen LogP contribution in [0, 0.1) is 17.2 Å². The van der Waals surface area contributed by atoms with Gasteiger partial charge >= 0.3 is 0 Å². The molecule has 0 aliphatic carbocycles. The van der Waals surface area contributed by atoms with Crippen LogP contribution in [0.3, 0.4) is 0 Å². The average Bonchev–Trinajstić information content (AvgIpc) is 3.29.